The number of aromatic nitrogens is 3. The van der Waals surface area contributed by atoms with Crippen LogP contribution >= 0.6 is 0 Å². The van der Waals surface area contributed by atoms with E-state index in [1.165, 1.54) is 31.4 Å². The van der Waals surface area contributed by atoms with E-state index in [2.05, 4.69) is 20.3 Å². The van der Waals surface area contributed by atoms with Crippen LogP contribution in [0.3, 0.4) is 0 Å². The van der Waals surface area contributed by atoms with E-state index in [4.69, 9.17) is 0 Å². The van der Waals surface area contributed by atoms with Crippen molar-refractivity contribution in [3.05, 3.63) is 48.4 Å². The maximum Gasteiger partial charge on any atom is 0.416 e. The lowest BCUT2D eigenvalue weighted by atomic mass is 9.95. The molecular formula is C20H19F3N4. The Kier molecular flexibility index (Phi) is 4.68. The second kappa shape index (κ2) is 7.13. The lowest BCUT2D eigenvalue weighted by molar-refractivity contribution is -0.137. The normalized spacial score (nSPS) is 15.8. The van der Waals surface area contributed by atoms with Gasteiger partial charge in [0.05, 0.1) is 5.56 Å². The quantitative estimate of drug-likeness (QED) is 0.664. The summed E-state index contributed by atoms with van der Waals surface area (Å²) in [7, 11) is 0. The largest absolute Gasteiger partial charge is 0.416 e. The highest BCUT2D eigenvalue weighted by Gasteiger charge is 2.30. The number of hydrogen-bond acceptors (Lipinski definition) is 4. The van der Waals surface area contributed by atoms with Crippen LogP contribution in [0.25, 0.3) is 22.2 Å². The zero-order valence-electron chi connectivity index (χ0n) is 14.6. The summed E-state index contributed by atoms with van der Waals surface area (Å²) in [6.45, 7) is 0. The van der Waals surface area contributed by atoms with Gasteiger partial charge in [-0.25, -0.2) is 9.97 Å². The summed E-state index contributed by atoms with van der Waals surface area (Å²) in [6.07, 6.45) is 6.35. The molecule has 1 aromatic carbocycles. The number of pyridine rings is 1. The molecule has 0 unspecified atom stereocenters. The number of halogens is 3. The van der Waals surface area contributed by atoms with Crippen molar-refractivity contribution in [2.24, 2.45) is 0 Å². The lowest BCUT2D eigenvalue weighted by Crippen LogP contribution is -2.23. The van der Waals surface area contributed by atoms with Crippen LogP contribution in [0, 0.1) is 0 Å². The van der Waals surface area contributed by atoms with Crippen molar-refractivity contribution in [2.45, 2.75) is 44.3 Å². The molecule has 4 rings (SSSR count). The van der Waals surface area contributed by atoms with Crippen molar-refractivity contribution in [1.29, 1.82) is 0 Å². The standard InChI is InChI=1S/C20H19F3N4/c21-20(22,23)14-8-6-13(7-9-14)16-12-26-19(18-17(16)24-10-11-25-18)27-15-4-2-1-3-5-15/h6-12,15H,1-5H2,(H,26,27). The van der Waals surface area contributed by atoms with E-state index in [1.54, 1.807) is 18.6 Å². The van der Waals surface area contributed by atoms with Crippen LogP contribution in [0.2, 0.25) is 0 Å². The second-order valence-electron chi connectivity index (χ2n) is 6.83. The molecule has 27 heavy (non-hydrogen) atoms. The Morgan fingerprint density at radius 1 is 0.852 bits per heavy atom. The van der Waals surface area contributed by atoms with Crippen LogP contribution < -0.4 is 5.32 Å². The lowest BCUT2D eigenvalue weighted by Gasteiger charge is -2.23. The van der Waals surface area contributed by atoms with Gasteiger partial charge in [-0.1, -0.05) is 31.4 Å². The first kappa shape index (κ1) is 17.7. The first-order valence-electron chi connectivity index (χ1n) is 9.06. The highest BCUT2D eigenvalue weighted by atomic mass is 19.4. The molecule has 1 saturated carbocycles. The number of rotatable bonds is 3. The Balaban J connectivity index is 1.71. The van der Waals surface area contributed by atoms with Gasteiger partial charge < -0.3 is 5.32 Å². The Morgan fingerprint density at radius 2 is 1.52 bits per heavy atom. The molecule has 2 heterocycles. The van der Waals surface area contributed by atoms with Crippen molar-refractivity contribution in [3.8, 4) is 11.1 Å². The zero-order valence-corrected chi connectivity index (χ0v) is 14.6. The molecular weight excluding hydrogens is 353 g/mol. The van der Waals surface area contributed by atoms with Crippen LogP contribution in [0.15, 0.2) is 42.9 Å². The summed E-state index contributed by atoms with van der Waals surface area (Å²) in [6, 6.07) is 5.41. The highest BCUT2D eigenvalue weighted by molar-refractivity contribution is 5.96. The molecule has 140 valence electrons. The van der Waals surface area contributed by atoms with E-state index < -0.39 is 11.7 Å². The molecule has 0 aliphatic heterocycles. The number of hydrogen-bond donors (Lipinski definition) is 1. The maximum absolute atomic E-state index is 12.8. The molecule has 2 aromatic heterocycles. The van der Waals surface area contributed by atoms with Gasteiger partial charge >= 0.3 is 6.18 Å². The number of anilines is 1. The van der Waals surface area contributed by atoms with Crippen LogP contribution in [-0.4, -0.2) is 21.0 Å². The van der Waals surface area contributed by atoms with Crippen LogP contribution in [0.1, 0.15) is 37.7 Å². The maximum atomic E-state index is 12.8. The molecule has 0 amide bonds. The number of nitrogens with one attached hydrogen (secondary N) is 1. The molecule has 1 aliphatic rings. The van der Waals surface area contributed by atoms with E-state index in [-0.39, 0.29) is 0 Å². The van der Waals surface area contributed by atoms with Crippen molar-refractivity contribution in [3.63, 3.8) is 0 Å². The van der Waals surface area contributed by atoms with Gasteiger partial charge in [-0.15, -0.1) is 0 Å². The SMILES string of the molecule is FC(F)(F)c1ccc(-c2cnc(NC3CCCCC3)c3nccnc23)cc1. The summed E-state index contributed by atoms with van der Waals surface area (Å²) in [5.74, 6) is 0.681. The fourth-order valence-corrected chi connectivity index (χ4v) is 3.56. The molecule has 3 aromatic rings. The number of alkyl halides is 3. The minimum Gasteiger partial charge on any atom is -0.365 e. The first-order valence-corrected chi connectivity index (χ1v) is 9.06. The van der Waals surface area contributed by atoms with Gasteiger partial charge in [0, 0.05) is 30.2 Å². The molecule has 1 fully saturated rings. The van der Waals surface area contributed by atoms with Gasteiger partial charge in [0.25, 0.3) is 0 Å². The topological polar surface area (TPSA) is 50.7 Å². The third-order valence-corrected chi connectivity index (χ3v) is 4.97. The smallest absolute Gasteiger partial charge is 0.365 e. The van der Waals surface area contributed by atoms with Crippen molar-refractivity contribution in [2.75, 3.05) is 5.32 Å². The minimum absolute atomic E-state index is 0.369. The third kappa shape index (κ3) is 3.72. The third-order valence-electron chi connectivity index (χ3n) is 4.97. The van der Waals surface area contributed by atoms with Gasteiger partial charge in [0.1, 0.15) is 11.0 Å². The Bertz CT molecular complexity index is 932. The van der Waals surface area contributed by atoms with Crippen LogP contribution in [0.4, 0.5) is 19.0 Å². The van der Waals surface area contributed by atoms with E-state index in [1.807, 2.05) is 0 Å². The average Bonchev–Trinajstić information content (AvgIpc) is 2.68. The van der Waals surface area contributed by atoms with Gasteiger partial charge in [-0.05, 0) is 30.5 Å². The summed E-state index contributed by atoms with van der Waals surface area (Å²) < 4.78 is 38.4. The molecule has 0 atom stereocenters. The summed E-state index contributed by atoms with van der Waals surface area (Å²) in [4.78, 5) is 13.4. The molecule has 1 aliphatic carbocycles. The monoisotopic (exact) mass is 372 g/mol. The van der Waals surface area contributed by atoms with E-state index in [9.17, 15) is 13.2 Å². The van der Waals surface area contributed by atoms with Gasteiger partial charge in [-0.2, -0.15) is 13.2 Å². The summed E-state index contributed by atoms with van der Waals surface area (Å²) in [5, 5.41) is 3.47. The molecule has 0 bridgehead atoms. The average molecular weight is 372 g/mol. The van der Waals surface area contributed by atoms with Crippen LogP contribution in [-0.2, 0) is 6.18 Å². The van der Waals surface area contributed by atoms with E-state index >= 15 is 0 Å². The Hall–Kier alpha value is -2.70. The number of fused-ring (bicyclic) bond motifs is 1. The molecule has 7 heteroatoms. The zero-order chi connectivity index (χ0) is 18.9. The van der Waals surface area contributed by atoms with E-state index in [0.29, 0.717) is 34.0 Å². The first-order chi connectivity index (χ1) is 13.0. The molecule has 0 spiro atoms. The molecule has 0 saturated heterocycles. The fourth-order valence-electron chi connectivity index (χ4n) is 3.56. The van der Waals surface area contributed by atoms with Crippen molar-refractivity contribution >= 4 is 16.9 Å². The highest BCUT2D eigenvalue weighted by Crippen LogP contribution is 2.33. The second-order valence-corrected chi connectivity index (χ2v) is 6.83. The van der Waals surface area contributed by atoms with Gasteiger partial charge in [0.15, 0.2) is 5.82 Å². The van der Waals surface area contributed by atoms with Crippen molar-refractivity contribution < 1.29 is 13.2 Å². The summed E-state index contributed by atoms with van der Waals surface area (Å²) in [5.41, 5.74) is 1.89. The fraction of sp³-hybridized carbons (Fsp3) is 0.350. The van der Waals surface area contributed by atoms with Crippen molar-refractivity contribution in [1.82, 2.24) is 15.0 Å². The molecule has 0 radical (unpaired) electrons. The Morgan fingerprint density at radius 3 is 2.19 bits per heavy atom. The van der Waals surface area contributed by atoms with Gasteiger partial charge in [0.2, 0.25) is 0 Å². The summed E-state index contributed by atoms with van der Waals surface area (Å²) >= 11 is 0. The number of nitrogens with zero attached hydrogens (tertiary/aromatic N) is 3. The number of benzene rings is 1. The van der Waals surface area contributed by atoms with E-state index in [0.717, 1.165) is 25.0 Å². The molecule has 4 nitrogen and oxygen atoms in total. The Labute approximate surface area is 154 Å². The van der Waals surface area contributed by atoms with Gasteiger partial charge in [-0.3, -0.25) is 4.98 Å². The van der Waals surface area contributed by atoms with Crippen LogP contribution in [0.5, 0.6) is 0 Å². The predicted molar refractivity (Wildman–Crippen MR) is 98.3 cm³/mol. The molecule has 1 N–H and O–H groups in total. The predicted octanol–water partition coefficient (Wildman–Crippen LogP) is 5.46. The minimum atomic E-state index is -4.35.